The third-order valence-corrected chi connectivity index (χ3v) is 2.68. The summed E-state index contributed by atoms with van der Waals surface area (Å²) in [6.45, 7) is 2.03. The molecule has 1 aromatic carbocycles. The summed E-state index contributed by atoms with van der Waals surface area (Å²) in [6.07, 6.45) is 0.832. The zero-order valence-corrected chi connectivity index (χ0v) is 10.2. The fourth-order valence-corrected chi connectivity index (χ4v) is 1.80. The number of oxazole rings is 1. The number of rotatable bonds is 3. The molecule has 6 nitrogen and oxygen atoms in total. The van der Waals surface area contributed by atoms with Crippen molar-refractivity contribution in [2.75, 3.05) is 5.32 Å². The van der Waals surface area contributed by atoms with Crippen molar-refractivity contribution in [2.45, 2.75) is 13.3 Å². The minimum atomic E-state index is 0.407. The van der Waals surface area contributed by atoms with E-state index in [1.54, 1.807) is 4.68 Å². The van der Waals surface area contributed by atoms with Crippen molar-refractivity contribution < 1.29 is 4.42 Å². The Morgan fingerprint density at radius 1 is 1.28 bits per heavy atom. The summed E-state index contributed by atoms with van der Waals surface area (Å²) in [6, 6.07) is 8.00. The maximum Gasteiger partial charge on any atom is 0.302 e. The lowest BCUT2D eigenvalue weighted by Crippen LogP contribution is -1.97. The second-order valence-electron chi connectivity index (χ2n) is 3.94. The molecule has 18 heavy (non-hydrogen) atoms. The van der Waals surface area contributed by atoms with Crippen molar-refractivity contribution in [3.05, 3.63) is 30.1 Å². The molecule has 0 saturated heterocycles. The van der Waals surface area contributed by atoms with E-state index < -0.39 is 0 Å². The Hall–Kier alpha value is -2.37. The van der Waals surface area contributed by atoms with Crippen molar-refractivity contribution in [3.8, 4) is 0 Å². The van der Waals surface area contributed by atoms with Crippen LogP contribution in [-0.4, -0.2) is 19.7 Å². The summed E-state index contributed by atoms with van der Waals surface area (Å²) in [5.74, 6) is 1.41. The average molecular weight is 243 g/mol. The predicted octanol–water partition coefficient (Wildman–Crippen LogP) is 2.26. The van der Waals surface area contributed by atoms with Crippen LogP contribution in [0.5, 0.6) is 0 Å². The molecule has 0 radical (unpaired) electrons. The van der Waals surface area contributed by atoms with E-state index in [9.17, 15) is 0 Å². The van der Waals surface area contributed by atoms with E-state index >= 15 is 0 Å². The molecule has 0 atom stereocenters. The van der Waals surface area contributed by atoms with Crippen LogP contribution in [0, 0.1) is 0 Å². The van der Waals surface area contributed by atoms with Gasteiger partial charge in [0.25, 0.3) is 0 Å². The smallest absolute Gasteiger partial charge is 0.302 e. The highest BCUT2D eigenvalue weighted by atomic mass is 16.4. The molecule has 0 bridgehead atoms. The molecule has 3 rings (SSSR count). The van der Waals surface area contributed by atoms with Crippen LogP contribution in [0.25, 0.3) is 11.1 Å². The molecule has 0 aliphatic rings. The molecule has 0 unspecified atom stereocenters. The number of fused-ring (bicyclic) bond motifs is 1. The van der Waals surface area contributed by atoms with E-state index in [2.05, 4.69) is 20.4 Å². The van der Waals surface area contributed by atoms with E-state index in [4.69, 9.17) is 4.42 Å². The van der Waals surface area contributed by atoms with Crippen LogP contribution in [0.3, 0.4) is 0 Å². The summed E-state index contributed by atoms with van der Waals surface area (Å²) in [4.78, 5) is 8.64. The van der Waals surface area contributed by atoms with Crippen molar-refractivity contribution in [3.63, 3.8) is 0 Å². The number of para-hydroxylation sites is 2. The molecule has 0 saturated carbocycles. The van der Waals surface area contributed by atoms with Gasteiger partial charge in [0.05, 0.1) is 0 Å². The van der Waals surface area contributed by atoms with Crippen LogP contribution >= 0.6 is 0 Å². The van der Waals surface area contributed by atoms with Gasteiger partial charge in [0.2, 0.25) is 5.95 Å². The minimum absolute atomic E-state index is 0.407. The molecule has 2 heterocycles. The SMILES string of the molecule is CCc1nc(Nc2nc3ccccc3o2)nn1C. The fourth-order valence-electron chi connectivity index (χ4n) is 1.80. The van der Waals surface area contributed by atoms with Gasteiger partial charge in [0.15, 0.2) is 5.58 Å². The van der Waals surface area contributed by atoms with E-state index in [0.717, 1.165) is 23.3 Å². The van der Waals surface area contributed by atoms with Gasteiger partial charge in [-0.05, 0) is 12.1 Å². The number of aromatic nitrogens is 4. The van der Waals surface area contributed by atoms with Crippen molar-refractivity contribution >= 4 is 23.1 Å². The van der Waals surface area contributed by atoms with Gasteiger partial charge < -0.3 is 4.42 Å². The number of nitrogens with zero attached hydrogens (tertiary/aromatic N) is 4. The summed E-state index contributed by atoms with van der Waals surface area (Å²) in [5.41, 5.74) is 1.55. The molecule has 0 fully saturated rings. The molecule has 0 aliphatic heterocycles. The van der Waals surface area contributed by atoms with Gasteiger partial charge in [0.1, 0.15) is 11.3 Å². The first-order valence-corrected chi connectivity index (χ1v) is 5.79. The van der Waals surface area contributed by atoms with Crippen LogP contribution in [0.15, 0.2) is 28.7 Å². The third kappa shape index (κ3) is 1.81. The van der Waals surface area contributed by atoms with Gasteiger partial charge in [-0.1, -0.05) is 19.1 Å². The molecular formula is C12H13N5O. The lowest BCUT2D eigenvalue weighted by atomic mass is 10.3. The Balaban J connectivity index is 1.91. The molecule has 0 amide bonds. The summed E-state index contributed by atoms with van der Waals surface area (Å²) < 4.78 is 7.28. The molecule has 0 aliphatic carbocycles. The van der Waals surface area contributed by atoms with Gasteiger partial charge in [0, 0.05) is 13.5 Å². The zero-order valence-electron chi connectivity index (χ0n) is 10.2. The number of nitrogens with one attached hydrogen (secondary N) is 1. The second kappa shape index (κ2) is 4.14. The number of benzene rings is 1. The van der Waals surface area contributed by atoms with Gasteiger partial charge in [-0.25, -0.2) is 0 Å². The average Bonchev–Trinajstić information content (AvgIpc) is 2.92. The van der Waals surface area contributed by atoms with Crippen LogP contribution in [0.2, 0.25) is 0 Å². The summed E-state index contributed by atoms with van der Waals surface area (Å²) >= 11 is 0. The number of aryl methyl sites for hydroxylation is 2. The molecule has 92 valence electrons. The zero-order chi connectivity index (χ0) is 12.5. The first kappa shape index (κ1) is 10.8. The lowest BCUT2D eigenvalue weighted by molar-refractivity contribution is 0.621. The second-order valence-corrected chi connectivity index (χ2v) is 3.94. The fraction of sp³-hybridized carbons (Fsp3) is 0.250. The monoisotopic (exact) mass is 243 g/mol. The Labute approximate surface area is 104 Å². The first-order valence-electron chi connectivity index (χ1n) is 5.79. The van der Waals surface area contributed by atoms with Crippen molar-refractivity contribution in [1.82, 2.24) is 19.7 Å². The van der Waals surface area contributed by atoms with Gasteiger partial charge in [-0.3, -0.25) is 10.00 Å². The Morgan fingerprint density at radius 3 is 2.83 bits per heavy atom. The van der Waals surface area contributed by atoms with Crippen LogP contribution in [0.1, 0.15) is 12.7 Å². The van der Waals surface area contributed by atoms with Crippen LogP contribution in [-0.2, 0) is 13.5 Å². The summed E-state index contributed by atoms with van der Waals surface area (Å²) in [7, 11) is 1.86. The minimum Gasteiger partial charge on any atom is -0.423 e. The van der Waals surface area contributed by atoms with E-state index in [0.29, 0.717) is 12.0 Å². The Kier molecular flexibility index (Phi) is 2.47. The maximum absolute atomic E-state index is 5.54. The first-order chi connectivity index (χ1) is 8.76. The van der Waals surface area contributed by atoms with Crippen LogP contribution < -0.4 is 5.32 Å². The highest BCUT2D eigenvalue weighted by molar-refractivity contribution is 5.74. The highest BCUT2D eigenvalue weighted by Crippen LogP contribution is 2.20. The van der Waals surface area contributed by atoms with Gasteiger partial charge >= 0.3 is 6.01 Å². The third-order valence-electron chi connectivity index (χ3n) is 2.68. The molecule has 3 aromatic rings. The maximum atomic E-state index is 5.54. The molecule has 1 N–H and O–H groups in total. The topological polar surface area (TPSA) is 68.8 Å². The molecule has 2 aromatic heterocycles. The van der Waals surface area contributed by atoms with E-state index in [1.165, 1.54) is 0 Å². The lowest BCUT2D eigenvalue weighted by Gasteiger charge is -1.92. The van der Waals surface area contributed by atoms with Gasteiger partial charge in [-0.15, -0.1) is 5.10 Å². The highest BCUT2D eigenvalue weighted by Gasteiger charge is 2.09. The number of hydrogen-bond donors (Lipinski definition) is 1. The van der Waals surface area contributed by atoms with Crippen molar-refractivity contribution in [2.24, 2.45) is 7.05 Å². The number of anilines is 2. The predicted molar refractivity (Wildman–Crippen MR) is 67.7 cm³/mol. The Morgan fingerprint density at radius 2 is 2.11 bits per heavy atom. The van der Waals surface area contributed by atoms with Gasteiger partial charge in [-0.2, -0.15) is 9.97 Å². The Bertz CT molecular complexity index is 652. The summed E-state index contributed by atoms with van der Waals surface area (Å²) in [5, 5.41) is 7.21. The normalized spacial score (nSPS) is 11.0. The van der Waals surface area contributed by atoms with Crippen LogP contribution in [0.4, 0.5) is 12.0 Å². The van der Waals surface area contributed by atoms with Crippen molar-refractivity contribution in [1.29, 1.82) is 0 Å². The molecule has 6 heteroatoms. The quantitative estimate of drug-likeness (QED) is 0.764. The van der Waals surface area contributed by atoms with E-state index in [1.807, 2.05) is 38.2 Å². The molecular weight excluding hydrogens is 230 g/mol. The number of hydrogen-bond acceptors (Lipinski definition) is 5. The standard InChI is InChI=1S/C12H13N5O/c1-3-10-14-11(16-17(10)2)15-12-13-8-6-4-5-7-9(8)18-12/h4-7H,3H2,1-2H3,(H,13,15,16). The molecule has 0 spiro atoms. The largest absolute Gasteiger partial charge is 0.423 e. The van der Waals surface area contributed by atoms with E-state index in [-0.39, 0.29) is 0 Å².